The van der Waals surface area contributed by atoms with E-state index in [1.54, 1.807) is 25.5 Å². The largest absolute Gasteiger partial charge is 0.351 e. The van der Waals surface area contributed by atoms with Gasteiger partial charge in [-0.2, -0.15) is 4.98 Å². The van der Waals surface area contributed by atoms with Crippen LogP contribution in [0.3, 0.4) is 0 Å². The molecule has 1 amide bonds. The number of aryl methyl sites for hydroxylation is 1. The molecule has 1 saturated carbocycles. The topological polar surface area (TPSA) is 118 Å². The SMILES string of the molecule is Cc1nc2ncc(-c3c[nH]c4nc(N[C@H]5C[C@](C)(C(=O)N6CCCC6)C5)ncc34)nc2n1CC(F)F. The zero-order chi connectivity index (χ0) is 25.0. The van der Waals surface area contributed by atoms with Crippen molar-refractivity contribution in [1.82, 2.24) is 39.4 Å². The van der Waals surface area contributed by atoms with Crippen LogP contribution in [-0.2, 0) is 11.3 Å². The Hall–Kier alpha value is -3.70. The molecule has 0 spiro atoms. The van der Waals surface area contributed by atoms with Crippen molar-refractivity contribution in [1.29, 1.82) is 0 Å². The molecular formula is C24H27F2N9O. The van der Waals surface area contributed by atoms with Gasteiger partial charge in [-0.3, -0.25) is 4.79 Å². The van der Waals surface area contributed by atoms with Crippen LogP contribution in [0.5, 0.6) is 0 Å². The molecule has 0 radical (unpaired) electrons. The summed E-state index contributed by atoms with van der Waals surface area (Å²) in [6.45, 7) is 4.95. The number of carbonyl (C=O) groups excluding carboxylic acids is 1. The number of fused-ring (bicyclic) bond motifs is 2. The maximum atomic E-state index is 13.1. The number of carbonyl (C=O) groups is 1. The van der Waals surface area contributed by atoms with Gasteiger partial charge in [-0.05, 0) is 32.6 Å². The van der Waals surface area contributed by atoms with Crippen molar-refractivity contribution >= 4 is 34.2 Å². The van der Waals surface area contributed by atoms with Crippen molar-refractivity contribution in [2.75, 3.05) is 18.4 Å². The fourth-order valence-electron chi connectivity index (χ4n) is 5.46. The van der Waals surface area contributed by atoms with Gasteiger partial charge in [0.15, 0.2) is 11.3 Å². The lowest BCUT2D eigenvalue weighted by atomic mass is 9.66. The van der Waals surface area contributed by atoms with Crippen LogP contribution < -0.4 is 5.32 Å². The standard InChI is InChI=1S/C24H27F2N9O/c1-13-30-20-21(35(13)12-18(25)26)32-17(11-28-20)15-9-27-19-16(15)10-29-23(33-19)31-14-7-24(2,8-14)22(36)34-5-3-4-6-34/h9-11,14,18H,3-8,12H2,1-2H3,(H2,27,29,31,33)/t14-,24-. The van der Waals surface area contributed by atoms with E-state index in [1.165, 1.54) is 4.57 Å². The van der Waals surface area contributed by atoms with Gasteiger partial charge in [0.05, 0.1) is 23.9 Å². The summed E-state index contributed by atoms with van der Waals surface area (Å²) < 4.78 is 27.5. The predicted molar refractivity (Wildman–Crippen MR) is 130 cm³/mol. The lowest BCUT2D eigenvalue weighted by Gasteiger charge is -2.45. The van der Waals surface area contributed by atoms with Crippen LogP contribution in [-0.4, -0.2) is 70.8 Å². The van der Waals surface area contributed by atoms with Crippen LogP contribution in [0.1, 0.15) is 38.4 Å². The summed E-state index contributed by atoms with van der Waals surface area (Å²) in [4.78, 5) is 40.2. The highest BCUT2D eigenvalue weighted by molar-refractivity contribution is 5.93. The summed E-state index contributed by atoms with van der Waals surface area (Å²) in [5, 5.41) is 4.09. The minimum Gasteiger partial charge on any atom is -0.351 e. The molecule has 4 aromatic heterocycles. The Morgan fingerprint density at radius 1 is 1.19 bits per heavy atom. The monoisotopic (exact) mass is 495 g/mol. The Bertz CT molecular complexity index is 1450. The molecular weight excluding hydrogens is 468 g/mol. The van der Waals surface area contributed by atoms with E-state index in [1.807, 2.05) is 11.8 Å². The third-order valence-corrected chi connectivity index (χ3v) is 7.31. The average Bonchev–Trinajstić information content (AvgIpc) is 3.56. The van der Waals surface area contributed by atoms with E-state index in [4.69, 9.17) is 0 Å². The lowest BCUT2D eigenvalue weighted by molar-refractivity contribution is -0.145. The highest BCUT2D eigenvalue weighted by Crippen LogP contribution is 2.44. The number of amides is 1. The van der Waals surface area contributed by atoms with Crippen molar-refractivity contribution in [3.8, 4) is 11.3 Å². The van der Waals surface area contributed by atoms with E-state index in [9.17, 15) is 13.6 Å². The zero-order valence-corrected chi connectivity index (χ0v) is 20.1. The molecule has 12 heteroatoms. The van der Waals surface area contributed by atoms with Gasteiger partial charge in [0.1, 0.15) is 11.5 Å². The Morgan fingerprint density at radius 2 is 1.97 bits per heavy atom. The number of hydrogen-bond donors (Lipinski definition) is 2. The summed E-state index contributed by atoms with van der Waals surface area (Å²) in [7, 11) is 0. The molecule has 6 rings (SSSR count). The molecule has 1 saturated heterocycles. The molecule has 0 unspecified atom stereocenters. The van der Waals surface area contributed by atoms with Gasteiger partial charge in [0, 0.05) is 42.5 Å². The molecule has 10 nitrogen and oxygen atoms in total. The summed E-state index contributed by atoms with van der Waals surface area (Å²) in [6, 6.07) is 0.139. The molecule has 1 aliphatic carbocycles. The summed E-state index contributed by atoms with van der Waals surface area (Å²) in [5.41, 5.74) is 2.19. The van der Waals surface area contributed by atoms with E-state index < -0.39 is 13.0 Å². The number of alkyl halides is 2. The molecule has 0 aromatic carbocycles. The highest BCUT2D eigenvalue weighted by Gasteiger charge is 2.48. The Balaban J connectivity index is 1.20. The molecule has 2 aliphatic rings. The van der Waals surface area contributed by atoms with Crippen LogP contribution in [0.2, 0.25) is 0 Å². The van der Waals surface area contributed by atoms with E-state index in [-0.39, 0.29) is 17.4 Å². The minimum atomic E-state index is -2.52. The summed E-state index contributed by atoms with van der Waals surface area (Å²) in [5.74, 6) is 1.19. The molecule has 2 fully saturated rings. The highest BCUT2D eigenvalue weighted by atomic mass is 19.3. The first-order chi connectivity index (χ1) is 17.3. The van der Waals surface area contributed by atoms with E-state index in [2.05, 4.69) is 35.2 Å². The number of hydrogen-bond acceptors (Lipinski definition) is 7. The van der Waals surface area contributed by atoms with Gasteiger partial charge >= 0.3 is 0 Å². The second kappa shape index (κ2) is 8.45. The third-order valence-electron chi connectivity index (χ3n) is 7.31. The number of halogens is 2. The quantitative estimate of drug-likeness (QED) is 0.420. The van der Waals surface area contributed by atoms with Crippen LogP contribution in [0.15, 0.2) is 18.6 Å². The van der Waals surface area contributed by atoms with E-state index >= 15 is 0 Å². The Kier molecular flexibility index (Phi) is 5.34. The van der Waals surface area contributed by atoms with Gasteiger partial charge < -0.3 is 19.8 Å². The smallest absolute Gasteiger partial charge is 0.256 e. The normalized spacial score (nSPS) is 22.0. The summed E-state index contributed by atoms with van der Waals surface area (Å²) in [6.07, 6.45) is 6.20. The molecule has 1 aliphatic heterocycles. The van der Waals surface area contributed by atoms with Crippen molar-refractivity contribution < 1.29 is 13.6 Å². The van der Waals surface area contributed by atoms with Crippen LogP contribution in [0.4, 0.5) is 14.7 Å². The number of imidazole rings is 1. The molecule has 0 atom stereocenters. The first kappa shape index (κ1) is 22.7. The van der Waals surface area contributed by atoms with Gasteiger partial charge in [-0.25, -0.2) is 28.7 Å². The first-order valence-corrected chi connectivity index (χ1v) is 12.2. The lowest BCUT2D eigenvalue weighted by Crippen LogP contribution is -2.53. The van der Waals surface area contributed by atoms with Gasteiger partial charge in [-0.15, -0.1) is 0 Å². The number of anilines is 1. The van der Waals surface area contributed by atoms with Gasteiger partial charge in [0.2, 0.25) is 11.9 Å². The van der Waals surface area contributed by atoms with E-state index in [0.717, 1.165) is 49.7 Å². The number of H-pyrrole nitrogens is 1. The van der Waals surface area contributed by atoms with Crippen LogP contribution >= 0.6 is 0 Å². The predicted octanol–water partition coefficient (Wildman–Crippen LogP) is 3.54. The van der Waals surface area contributed by atoms with Crippen molar-refractivity contribution in [3.63, 3.8) is 0 Å². The second-order valence-corrected chi connectivity index (χ2v) is 10.0. The average molecular weight is 496 g/mol. The third kappa shape index (κ3) is 3.84. The molecule has 4 aromatic rings. The number of nitrogens with zero attached hydrogens (tertiary/aromatic N) is 7. The van der Waals surface area contributed by atoms with Crippen LogP contribution in [0.25, 0.3) is 33.6 Å². The minimum absolute atomic E-state index is 0.139. The fraction of sp³-hybridized carbons (Fsp3) is 0.500. The fourth-order valence-corrected chi connectivity index (χ4v) is 5.46. The molecule has 0 bridgehead atoms. The maximum Gasteiger partial charge on any atom is 0.256 e. The Morgan fingerprint density at radius 3 is 2.72 bits per heavy atom. The van der Waals surface area contributed by atoms with Gasteiger partial charge in [-0.1, -0.05) is 6.92 Å². The summed E-state index contributed by atoms with van der Waals surface area (Å²) >= 11 is 0. The first-order valence-electron chi connectivity index (χ1n) is 12.2. The second-order valence-electron chi connectivity index (χ2n) is 10.0. The number of aromatic nitrogens is 7. The van der Waals surface area contributed by atoms with Crippen LogP contribution in [0, 0.1) is 12.3 Å². The number of nitrogens with one attached hydrogen (secondary N) is 2. The molecule has 5 heterocycles. The van der Waals surface area contributed by atoms with Crippen molar-refractivity contribution in [2.45, 2.75) is 58.5 Å². The molecule has 2 N–H and O–H groups in total. The van der Waals surface area contributed by atoms with E-state index in [0.29, 0.717) is 34.4 Å². The maximum absolute atomic E-state index is 13.1. The van der Waals surface area contributed by atoms with Crippen molar-refractivity contribution in [3.05, 3.63) is 24.4 Å². The Labute approximate surface area is 205 Å². The van der Waals surface area contributed by atoms with Gasteiger partial charge in [0.25, 0.3) is 6.43 Å². The number of likely N-dealkylation sites (tertiary alicyclic amines) is 1. The molecule has 36 heavy (non-hydrogen) atoms. The number of rotatable bonds is 6. The molecule has 188 valence electrons. The van der Waals surface area contributed by atoms with Crippen molar-refractivity contribution in [2.24, 2.45) is 5.41 Å². The zero-order valence-electron chi connectivity index (χ0n) is 20.1. The number of aromatic amines is 1.